The van der Waals surface area contributed by atoms with E-state index in [9.17, 15) is 0 Å². The van der Waals surface area contributed by atoms with E-state index < -0.39 is 0 Å². The minimum Gasteiger partial charge on any atom is -0.486 e. The average molecular weight is 242 g/mol. The monoisotopic (exact) mass is 242 g/mol. The van der Waals surface area contributed by atoms with Crippen molar-refractivity contribution in [1.29, 1.82) is 0 Å². The molecule has 1 aliphatic rings. The van der Waals surface area contributed by atoms with Gasteiger partial charge in [-0.2, -0.15) is 5.10 Å². The van der Waals surface area contributed by atoms with E-state index in [1.807, 2.05) is 18.2 Å². The summed E-state index contributed by atoms with van der Waals surface area (Å²) in [4.78, 5) is 7.73. The van der Waals surface area contributed by atoms with Crippen LogP contribution in [0.5, 0.6) is 11.5 Å². The van der Waals surface area contributed by atoms with Crippen molar-refractivity contribution >= 4 is 11.0 Å². The average Bonchev–Trinajstić information content (AvgIpc) is 3.04. The van der Waals surface area contributed by atoms with Gasteiger partial charge in [-0.25, -0.2) is 4.98 Å². The fraction of sp³-hybridized carbons (Fsp3) is 0.167. The van der Waals surface area contributed by atoms with E-state index in [2.05, 4.69) is 20.2 Å². The predicted octanol–water partition coefficient (Wildman–Crippen LogP) is 1.72. The highest BCUT2D eigenvalue weighted by atomic mass is 16.6. The summed E-state index contributed by atoms with van der Waals surface area (Å²) in [5, 5.41) is 6.79. The van der Waals surface area contributed by atoms with Crippen LogP contribution in [0.2, 0.25) is 0 Å². The Labute approximate surface area is 102 Å². The molecule has 0 aliphatic carbocycles. The van der Waals surface area contributed by atoms with Gasteiger partial charge in [0.1, 0.15) is 18.9 Å². The number of benzene rings is 1. The summed E-state index contributed by atoms with van der Waals surface area (Å²) in [7, 11) is 0. The van der Waals surface area contributed by atoms with Crippen LogP contribution in [0.25, 0.3) is 22.6 Å². The maximum absolute atomic E-state index is 5.54. The van der Waals surface area contributed by atoms with E-state index in [0.29, 0.717) is 13.2 Å². The van der Waals surface area contributed by atoms with Crippen LogP contribution in [-0.4, -0.2) is 33.4 Å². The topological polar surface area (TPSA) is 75.8 Å². The zero-order chi connectivity index (χ0) is 11.9. The number of hydrogen-bond donors (Lipinski definition) is 2. The van der Waals surface area contributed by atoms with Crippen molar-refractivity contribution in [2.75, 3.05) is 13.2 Å². The van der Waals surface area contributed by atoms with Crippen LogP contribution in [-0.2, 0) is 0 Å². The van der Waals surface area contributed by atoms with E-state index in [1.165, 1.54) is 0 Å². The number of H-pyrrole nitrogens is 2. The van der Waals surface area contributed by atoms with Gasteiger partial charge in [0.2, 0.25) is 0 Å². The van der Waals surface area contributed by atoms with Gasteiger partial charge in [0, 0.05) is 18.3 Å². The molecular weight excluding hydrogens is 232 g/mol. The highest BCUT2D eigenvalue weighted by Crippen LogP contribution is 2.34. The number of rotatable bonds is 1. The lowest BCUT2D eigenvalue weighted by atomic mass is 10.2. The quantitative estimate of drug-likeness (QED) is 0.681. The maximum Gasteiger partial charge on any atom is 0.163 e. The highest BCUT2D eigenvalue weighted by Gasteiger charge is 2.15. The number of fused-ring (bicyclic) bond motifs is 2. The van der Waals surface area contributed by atoms with Crippen molar-refractivity contribution in [1.82, 2.24) is 20.2 Å². The molecule has 1 aliphatic heterocycles. The van der Waals surface area contributed by atoms with Crippen molar-refractivity contribution in [2.45, 2.75) is 0 Å². The second-order valence-electron chi connectivity index (χ2n) is 4.07. The van der Waals surface area contributed by atoms with E-state index in [4.69, 9.17) is 9.47 Å². The third-order valence-corrected chi connectivity index (χ3v) is 2.90. The Morgan fingerprint density at radius 1 is 1.11 bits per heavy atom. The molecule has 0 unspecified atom stereocenters. The molecule has 0 radical (unpaired) electrons. The molecule has 0 amide bonds. The number of ether oxygens (including phenoxy) is 2. The second-order valence-corrected chi connectivity index (χ2v) is 4.07. The van der Waals surface area contributed by atoms with Gasteiger partial charge in [-0.05, 0) is 6.07 Å². The fourth-order valence-electron chi connectivity index (χ4n) is 2.06. The van der Waals surface area contributed by atoms with Crippen LogP contribution >= 0.6 is 0 Å². The first-order valence-electron chi connectivity index (χ1n) is 5.69. The molecule has 0 bridgehead atoms. The first-order valence-corrected chi connectivity index (χ1v) is 5.69. The lowest BCUT2D eigenvalue weighted by molar-refractivity contribution is 0.172. The normalized spacial score (nSPS) is 14.0. The summed E-state index contributed by atoms with van der Waals surface area (Å²) < 4.78 is 11.1. The molecule has 18 heavy (non-hydrogen) atoms. The van der Waals surface area contributed by atoms with E-state index >= 15 is 0 Å². The summed E-state index contributed by atoms with van der Waals surface area (Å²) in [6.45, 7) is 1.16. The van der Waals surface area contributed by atoms with Gasteiger partial charge >= 0.3 is 0 Å². The Morgan fingerprint density at radius 3 is 2.72 bits per heavy atom. The Kier molecular flexibility index (Phi) is 1.85. The molecule has 4 rings (SSSR count). The Morgan fingerprint density at radius 2 is 1.94 bits per heavy atom. The first kappa shape index (κ1) is 9.52. The van der Waals surface area contributed by atoms with Crippen molar-refractivity contribution in [2.24, 2.45) is 0 Å². The molecule has 3 aromatic rings. The number of aromatic nitrogens is 4. The molecule has 0 atom stereocenters. The smallest absolute Gasteiger partial charge is 0.163 e. The third-order valence-electron chi connectivity index (χ3n) is 2.90. The van der Waals surface area contributed by atoms with E-state index in [1.54, 1.807) is 6.20 Å². The Balaban J connectivity index is 1.90. The second kappa shape index (κ2) is 3.49. The summed E-state index contributed by atoms with van der Waals surface area (Å²) in [5.41, 5.74) is 2.62. The molecule has 2 aromatic heterocycles. The van der Waals surface area contributed by atoms with Gasteiger partial charge in [-0.3, -0.25) is 5.10 Å². The Hall–Kier alpha value is -2.50. The van der Waals surface area contributed by atoms with Crippen LogP contribution in [0.4, 0.5) is 0 Å². The zero-order valence-corrected chi connectivity index (χ0v) is 9.43. The summed E-state index contributed by atoms with van der Waals surface area (Å²) in [5.74, 6) is 2.26. The Bertz CT molecular complexity index is 659. The zero-order valence-electron chi connectivity index (χ0n) is 9.43. The van der Waals surface area contributed by atoms with Gasteiger partial charge < -0.3 is 14.5 Å². The SMILES string of the molecule is c1cc(-c2nc3cc4c(cc3[nH]2)OCCO4)[nH]n1. The van der Waals surface area contributed by atoms with Gasteiger partial charge in [-0.1, -0.05) is 0 Å². The molecule has 6 heteroatoms. The molecule has 0 saturated heterocycles. The van der Waals surface area contributed by atoms with Gasteiger partial charge in [0.15, 0.2) is 17.3 Å². The number of nitrogens with one attached hydrogen (secondary N) is 2. The van der Waals surface area contributed by atoms with Crippen LogP contribution in [0, 0.1) is 0 Å². The predicted molar refractivity (Wildman–Crippen MR) is 64.7 cm³/mol. The fourth-order valence-corrected chi connectivity index (χ4v) is 2.06. The molecule has 6 nitrogen and oxygen atoms in total. The summed E-state index contributed by atoms with van der Waals surface area (Å²) >= 11 is 0. The maximum atomic E-state index is 5.54. The lowest BCUT2D eigenvalue weighted by Crippen LogP contribution is -2.15. The summed E-state index contributed by atoms with van der Waals surface area (Å²) in [6, 6.07) is 5.67. The minimum absolute atomic E-state index is 0.580. The molecular formula is C12H10N4O2. The molecule has 90 valence electrons. The van der Waals surface area contributed by atoms with Crippen LogP contribution in [0.3, 0.4) is 0 Å². The molecule has 1 aromatic carbocycles. The molecule has 0 spiro atoms. The number of aromatic amines is 2. The van der Waals surface area contributed by atoms with Crippen molar-refractivity contribution in [3.8, 4) is 23.0 Å². The molecule has 0 fully saturated rings. The van der Waals surface area contributed by atoms with Crippen molar-refractivity contribution in [3.05, 3.63) is 24.4 Å². The number of nitrogens with zero attached hydrogens (tertiary/aromatic N) is 2. The van der Waals surface area contributed by atoms with Crippen LogP contribution < -0.4 is 9.47 Å². The van der Waals surface area contributed by atoms with Crippen LogP contribution in [0.1, 0.15) is 0 Å². The van der Waals surface area contributed by atoms with Crippen molar-refractivity contribution in [3.63, 3.8) is 0 Å². The van der Waals surface area contributed by atoms with Gasteiger partial charge in [0.05, 0.1) is 11.0 Å². The molecule has 2 N–H and O–H groups in total. The van der Waals surface area contributed by atoms with Crippen LogP contribution in [0.15, 0.2) is 24.4 Å². The lowest BCUT2D eigenvalue weighted by Gasteiger charge is -2.17. The van der Waals surface area contributed by atoms with E-state index in [-0.39, 0.29) is 0 Å². The largest absolute Gasteiger partial charge is 0.486 e. The highest BCUT2D eigenvalue weighted by molar-refractivity contribution is 5.82. The third kappa shape index (κ3) is 1.35. The standard InChI is InChI=1S/C12H10N4O2/c1-2-13-16-7(1)12-14-8-5-10-11(6-9(8)15-12)18-4-3-17-10/h1-2,5-6H,3-4H2,(H,13,16)(H,14,15). The molecule has 0 saturated carbocycles. The summed E-state index contributed by atoms with van der Waals surface area (Å²) in [6.07, 6.45) is 1.69. The molecule has 3 heterocycles. The van der Waals surface area contributed by atoms with E-state index in [0.717, 1.165) is 34.1 Å². The minimum atomic E-state index is 0.580. The van der Waals surface area contributed by atoms with Gasteiger partial charge in [-0.15, -0.1) is 0 Å². The number of hydrogen-bond acceptors (Lipinski definition) is 4. The van der Waals surface area contributed by atoms with Gasteiger partial charge in [0.25, 0.3) is 0 Å². The number of imidazole rings is 1. The first-order chi connectivity index (χ1) is 8.90. The van der Waals surface area contributed by atoms with Crippen molar-refractivity contribution < 1.29 is 9.47 Å².